The molecule has 8 nitrogen and oxygen atoms in total. The van der Waals surface area contributed by atoms with Crippen LogP contribution < -0.4 is 14.8 Å². The number of benzene rings is 3. The largest absolute Gasteiger partial charge is 0.488 e. The molecular formula is C29H24N4O4S. The van der Waals surface area contributed by atoms with Gasteiger partial charge in [-0.2, -0.15) is 0 Å². The Balaban J connectivity index is 1.22. The summed E-state index contributed by atoms with van der Waals surface area (Å²) in [4.78, 5) is 18.0. The SMILES string of the molecule is COc1nn2cc(-c3cc4c(OCc5cccc(NC(=O)c6cccc(C)c6)c5)cc(C)cc4o3)nc2s1. The molecule has 0 saturated carbocycles. The summed E-state index contributed by atoms with van der Waals surface area (Å²) < 4.78 is 19.2. The smallest absolute Gasteiger partial charge is 0.294 e. The van der Waals surface area contributed by atoms with E-state index in [0.717, 1.165) is 32.6 Å². The molecule has 3 aromatic heterocycles. The van der Waals surface area contributed by atoms with Crippen LogP contribution in [0.5, 0.6) is 10.9 Å². The Morgan fingerprint density at radius 3 is 2.74 bits per heavy atom. The molecule has 6 rings (SSSR count). The Hall–Kier alpha value is -4.63. The number of aromatic nitrogens is 3. The van der Waals surface area contributed by atoms with Gasteiger partial charge in [0.15, 0.2) is 5.76 Å². The maximum absolute atomic E-state index is 12.7. The fourth-order valence-corrected chi connectivity index (χ4v) is 4.96. The van der Waals surface area contributed by atoms with Crippen LogP contribution in [0.2, 0.25) is 0 Å². The zero-order valence-corrected chi connectivity index (χ0v) is 21.8. The van der Waals surface area contributed by atoms with Crippen molar-refractivity contribution in [1.82, 2.24) is 14.6 Å². The van der Waals surface area contributed by atoms with Gasteiger partial charge in [-0.1, -0.05) is 29.8 Å². The summed E-state index contributed by atoms with van der Waals surface area (Å²) in [6, 6.07) is 21.1. The van der Waals surface area contributed by atoms with Gasteiger partial charge < -0.3 is 19.2 Å². The highest BCUT2D eigenvalue weighted by Gasteiger charge is 2.16. The number of furan rings is 1. The molecule has 3 aromatic carbocycles. The van der Waals surface area contributed by atoms with E-state index in [4.69, 9.17) is 13.9 Å². The maximum atomic E-state index is 12.7. The van der Waals surface area contributed by atoms with Crippen LogP contribution in [0.1, 0.15) is 27.0 Å². The summed E-state index contributed by atoms with van der Waals surface area (Å²) in [7, 11) is 1.58. The lowest BCUT2D eigenvalue weighted by atomic mass is 10.1. The monoisotopic (exact) mass is 524 g/mol. The van der Waals surface area contributed by atoms with E-state index in [9.17, 15) is 4.79 Å². The zero-order valence-electron chi connectivity index (χ0n) is 21.0. The average molecular weight is 525 g/mol. The van der Waals surface area contributed by atoms with Gasteiger partial charge in [-0.25, -0.2) is 9.50 Å². The van der Waals surface area contributed by atoms with Crippen LogP contribution in [0.3, 0.4) is 0 Å². The lowest BCUT2D eigenvalue weighted by Crippen LogP contribution is -2.12. The summed E-state index contributed by atoms with van der Waals surface area (Å²) in [5.74, 6) is 1.20. The Labute approximate surface area is 222 Å². The Morgan fingerprint density at radius 2 is 1.92 bits per heavy atom. The summed E-state index contributed by atoms with van der Waals surface area (Å²) >= 11 is 1.36. The third-order valence-electron chi connectivity index (χ3n) is 6.05. The van der Waals surface area contributed by atoms with Crippen molar-refractivity contribution in [3.8, 4) is 22.4 Å². The maximum Gasteiger partial charge on any atom is 0.294 e. The molecule has 1 amide bonds. The van der Waals surface area contributed by atoms with E-state index in [2.05, 4.69) is 15.4 Å². The first-order chi connectivity index (χ1) is 18.4. The first-order valence-corrected chi connectivity index (χ1v) is 12.8. The molecule has 190 valence electrons. The molecule has 3 heterocycles. The fourth-order valence-electron chi connectivity index (χ4n) is 4.26. The Bertz CT molecular complexity index is 1770. The molecule has 0 aliphatic heterocycles. The second kappa shape index (κ2) is 9.68. The molecule has 0 atom stereocenters. The molecule has 0 aliphatic rings. The molecule has 0 aliphatic carbocycles. The highest BCUT2D eigenvalue weighted by atomic mass is 32.1. The van der Waals surface area contributed by atoms with E-state index in [1.54, 1.807) is 17.7 Å². The van der Waals surface area contributed by atoms with Gasteiger partial charge in [-0.3, -0.25) is 4.79 Å². The molecule has 0 radical (unpaired) electrons. The van der Waals surface area contributed by atoms with Crippen LogP contribution in [-0.2, 0) is 6.61 Å². The quantitative estimate of drug-likeness (QED) is 0.251. The number of carbonyl (C=O) groups is 1. The number of hydrogen-bond donors (Lipinski definition) is 1. The molecule has 38 heavy (non-hydrogen) atoms. The van der Waals surface area contributed by atoms with Crippen LogP contribution >= 0.6 is 11.3 Å². The minimum atomic E-state index is -0.147. The van der Waals surface area contributed by atoms with E-state index >= 15 is 0 Å². The van der Waals surface area contributed by atoms with Crippen LogP contribution in [0.4, 0.5) is 5.69 Å². The zero-order chi connectivity index (χ0) is 26.2. The molecule has 6 aromatic rings. The third kappa shape index (κ3) is 4.71. The predicted molar refractivity (Wildman–Crippen MR) is 147 cm³/mol. The van der Waals surface area contributed by atoms with Gasteiger partial charge in [0.25, 0.3) is 11.1 Å². The highest BCUT2D eigenvalue weighted by molar-refractivity contribution is 7.18. The minimum Gasteiger partial charge on any atom is -0.488 e. The van der Waals surface area contributed by atoms with Crippen LogP contribution in [0.15, 0.2) is 77.3 Å². The number of amides is 1. The molecule has 0 fully saturated rings. The number of aryl methyl sites for hydroxylation is 2. The number of nitrogens with zero attached hydrogens (tertiary/aromatic N) is 3. The average Bonchev–Trinajstić information content (AvgIpc) is 3.60. The van der Waals surface area contributed by atoms with Crippen molar-refractivity contribution in [2.75, 3.05) is 12.4 Å². The number of ether oxygens (including phenoxy) is 2. The number of methoxy groups -OCH3 is 1. The number of fused-ring (bicyclic) bond motifs is 2. The summed E-state index contributed by atoms with van der Waals surface area (Å²) in [5, 5.41) is 8.71. The van der Waals surface area contributed by atoms with E-state index in [0.29, 0.717) is 40.3 Å². The Morgan fingerprint density at radius 1 is 1.05 bits per heavy atom. The van der Waals surface area contributed by atoms with Gasteiger partial charge in [0.1, 0.15) is 23.6 Å². The van der Waals surface area contributed by atoms with Crippen molar-refractivity contribution in [3.63, 3.8) is 0 Å². The van der Waals surface area contributed by atoms with Gasteiger partial charge in [0.05, 0.1) is 18.7 Å². The lowest BCUT2D eigenvalue weighted by molar-refractivity contribution is 0.102. The molecule has 0 spiro atoms. The molecule has 0 saturated heterocycles. The van der Waals surface area contributed by atoms with E-state index < -0.39 is 0 Å². The van der Waals surface area contributed by atoms with E-state index in [-0.39, 0.29) is 5.91 Å². The van der Waals surface area contributed by atoms with Crippen molar-refractivity contribution in [2.45, 2.75) is 20.5 Å². The number of imidazole rings is 1. The van der Waals surface area contributed by atoms with Crippen molar-refractivity contribution >= 4 is 38.9 Å². The normalized spacial score (nSPS) is 11.2. The third-order valence-corrected chi connectivity index (χ3v) is 6.94. The van der Waals surface area contributed by atoms with Crippen molar-refractivity contribution in [1.29, 1.82) is 0 Å². The predicted octanol–water partition coefficient (Wildman–Crippen LogP) is 6.66. The first-order valence-electron chi connectivity index (χ1n) is 12.0. The minimum absolute atomic E-state index is 0.147. The van der Waals surface area contributed by atoms with Crippen LogP contribution in [0, 0.1) is 13.8 Å². The molecule has 1 N–H and O–H groups in total. The fraction of sp³-hybridized carbons (Fsp3) is 0.138. The van der Waals surface area contributed by atoms with Crippen LogP contribution in [0.25, 0.3) is 27.4 Å². The summed E-state index contributed by atoms with van der Waals surface area (Å²) in [6.07, 6.45) is 1.82. The van der Waals surface area contributed by atoms with Crippen molar-refractivity contribution in [3.05, 3.63) is 95.2 Å². The second-order valence-corrected chi connectivity index (χ2v) is 9.94. The van der Waals surface area contributed by atoms with E-state index in [1.165, 1.54) is 11.3 Å². The van der Waals surface area contributed by atoms with Gasteiger partial charge in [0, 0.05) is 11.3 Å². The van der Waals surface area contributed by atoms with Crippen molar-refractivity contribution in [2.24, 2.45) is 0 Å². The summed E-state index contributed by atoms with van der Waals surface area (Å²) in [5.41, 5.74) is 5.72. The topological polar surface area (TPSA) is 90.9 Å². The van der Waals surface area contributed by atoms with E-state index in [1.807, 2.05) is 80.7 Å². The van der Waals surface area contributed by atoms with Gasteiger partial charge in [-0.15, -0.1) is 5.10 Å². The standard InChI is InChI=1S/C29H24N4O4S/c1-17-6-4-8-20(10-17)27(34)30-21-9-5-7-19(13-21)16-36-24-11-18(2)12-25-22(24)14-26(37-25)23-15-33-28(31-23)38-29(32-33)35-3/h4-15H,16H2,1-3H3,(H,30,34). The van der Waals surface area contributed by atoms with Crippen molar-refractivity contribution < 1.29 is 18.7 Å². The number of anilines is 1. The first kappa shape index (κ1) is 23.7. The lowest BCUT2D eigenvalue weighted by Gasteiger charge is -2.10. The molecular weight excluding hydrogens is 500 g/mol. The van der Waals surface area contributed by atoms with Gasteiger partial charge in [0.2, 0.25) is 4.96 Å². The number of rotatable bonds is 7. The Kier molecular flexibility index (Phi) is 6.05. The van der Waals surface area contributed by atoms with Crippen LogP contribution in [-0.4, -0.2) is 27.6 Å². The number of nitrogens with one attached hydrogen (secondary N) is 1. The number of hydrogen-bond acceptors (Lipinski definition) is 7. The highest BCUT2D eigenvalue weighted by Crippen LogP contribution is 2.35. The second-order valence-electron chi connectivity index (χ2n) is 9.02. The number of carbonyl (C=O) groups excluding carboxylic acids is 1. The van der Waals surface area contributed by atoms with Gasteiger partial charge >= 0.3 is 0 Å². The van der Waals surface area contributed by atoms with Gasteiger partial charge in [-0.05, 0) is 78.8 Å². The molecule has 0 unspecified atom stereocenters. The molecule has 0 bridgehead atoms. The molecule has 9 heteroatoms. The summed E-state index contributed by atoms with van der Waals surface area (Å²) in [6.45, 7) is 4.29.